The van der Waals surface area contributed by atoms with E-state index in [1.165, 1.54) is 0 Å². The molecule has 0 aliphatic carbocycles. The first kappa shape index (κ1) is 10.8. The summed E-state index contributed by atoms with van der Waals surface area (Å²) < 4.78 is 19.4. The first-order valence-electron chi connectivity index (χ1n) is 4.13. The van der Waals surface area contributed by atoms with Crippen molar-refractivity contribution in [3.8, 4) is 0 Å². The number of rotatable bonds is 2. The van der Waals surface area contributed by atoms with E-state index >= 15 is 0 Å². The molecule has 2 nitrogen and oxygen atoms in total. The summed E-state index contributed by atoms with van der Waals surface area (Å²) in [4.78, 5) is 0. The van der Waals surface area contributed by atoms with Gasteiger partial charge >= 0.3 is 0 Å². The molecule has 0 unspecified atom stereocenters. The van der Waals surface area contributed by atoms with Crippen molar-refractivity contribution in [2.45, 2.75) is 13.8 Å². The minimum atomic E-state index is 0.202. The Balaban J connectivity index is 2.93. The van der Waals surface area contributed by atoms with Gasteiger partial charge in [-0.05, 0) is 34.6 Å². The zero-order valence-corrected chi connectivity index (χ0v) is 10.1. The van der Waals surface area contributed by atoms with Crippen molar-refractivity contribution >= 4 is 22.6 Å². The fraction of sp³-hybridized carbons (Fsp3) is 0.556. The molecular weight excluding hydrogens is 284 g/mol. The van der Waals surface area contributed by atoms with E-state index < -0.39 is 0 Å². The molecule has 1 aliphatic rings. The Bertz CT molecular complexity index is 260. The van der Waals surface area contributed by atoms with Gasteiger partial charge in [0, 0.05) is 0 Å². The number of ether oxygens (including phenoxy) is 1. The summed E-state index contributed by atoms with van der Waals surface area (Å²) >= 11 is 2.16. The molecule has 1 aliphatic heterocycles. The highest BCUT2D eigenvalue weighted by Gasteiger charge is 2.21. The minimum Gasteiger partial charge on any atom is -0.498 e. The Kier molecular flexibility index (Phi) is 3.58. The van der Waals surface area contributed by atoms with Gasteiger partial charge in [-0.15, -0.1) is 0 Å². The molecule has 1 rings (SSSR count). The number of allylic oxidation sites excluding steroid dienone is 3. The zero-order chi connectivity index (χ0) is 10.0. The maximum absolute atomic E-state index is 13.4. The van der Waals surface area contributed by atoms with E-state index in [1.54, 1.807) is 7.11 Å². The fourth-order valence-corrected chi connectivity index (χ4v) is 1.89. The summed E-state index contributed by atoms with van der Waals surface area (Å²) in [6, 6.07) is 0. The molecule has 0 amide bonds. The normalized spacial score (nSPS) is 18.0. The summed E-state index contributed by atoms with van der Waals surface area (Å²) in [7, 11) is 1.57. The lowest BCUT2D eigenvalue weighted by atomic mass is 10.1. The van der Waals surface area contributed by atoms with E-state index in [4.69, 9.17) is 4.74 Å². The van der Waals surface area contributed by atoms with Crippen LogP contribution in [0.1, 0.15) is 13.8 Å². The second kappa shape index (κ2) is 4.30. The molecule has 0 spiro atoms. The van der Waals surface area contributed by atoms with Crippen LogP contribution in [0.4, 0.5) is 4.48 Å². The van der Waals surface area contributed by atoms with Crippen LogP contribution in [0, 0.1) is 5.92 Å². The highest BCUT2D eigenvalue weighted by atomic mass is 127. The molecule has 0 aromatic rings. The van der Waals surface area contributed by atoms with Crippen LogP contribution in [0.15, 0.2) is 21.1 Å². The van der Waals surface area contributed by atoms with Crippen LogP contribution in [-0.2, 0) is 4.74 Å². The summed E-state index contributed by atoms with van der Waals surface area (Å²) in [5.41, 5.74) is 0.713. The van der Waals surface area contributed by atoms with E-state index in [1.807, 2.05) is 19.9 Å². The number of hydrogen-bond donors (Lipinski definition) is 0. The molecule has 0 fully saturated rings. The molecule has 0 atom stereocenters. The van der Waals surface area contributed by atoms with Crippen LogP contribution in [0.25, 0.3) is 0 Å². The lowest BCUT2D eigenvalue weighted by molar-refractivity contribution is 0.0486. The van der Waals surface area contributed by atoms with Crippen LogP contribution < -0.4 is 0 Å². The van der Waals surface area contributed by atoms with Crippen molar-refractivity contribution in [3.63, 3.8) is 0 Å². The molecule has 0 aromatic carbocycles. The maximum Gasteiger partial charge on any atom is 0.131 e. The van der Waals surface area contributed by atoms with Crippen molar-refractivity contribution in [2.24, 2.45) is 5.92 Å². The van der Waals surface area contributed by atoms with Crippen molar-refractivity contribution in [2.75, 3.05) is 13.7 Å². The minimum absolute atomic E-state index is 0.202. The summed E-state index contributed by atoms with van der Waals surface area (Å²) in [6.45, 7) is 4.17. The van der Waals surface area contributed by atoms with Gasteiger partial charge in [-0.1, -0.05) is 18.3 Å². The third-order valence-corrected chi connectivity index (χ3v) is 2.85. The Labute approximate surface area is 91.5 Å². The number of halogens is 2. The van der Waals surface area contributed by atoms with Crippen LogP contribution >= 0.6 is 22.6 Å². The third kappa shape index (κ3) is 2.36. The SMILES string of the molecule is COC1=C(I)C=C(C(C)C)N(F)C1. The number of methoxy groups -OCH3 is 1. The Hall–Kier alpha value is -0.260. The van der Waals surface area contributed by atoms with Gasteiger partial charge in [0.25, 0.3) is 0 Å². The van der Waals surface area contributed by atoms with Crippen LogP contribution in [0.2, 0.25) is 0 Å². The van der Waals surface area contributed by atoms with Crippen molar-refractivity contribution in [1.29, 1.82) is 0 Å². The lowest BCUT2D eigenvalue weighted by Crippen LogP contribution is -2.24. The highest BCUT2D eigenvalue weighted by Crippen LogP contribution is 2.29. The molecule has 0 saturated carbocycles. The molecule has 1 heterocycles. The molecule has 0 aromatic heterocycles. The first-order valence-corrected chi connectivity index (χ1v) is 5.21. The lowest BCUT2D eigenvalue weighted by Gasteiger charge is -2.25. The topological polar surface area (TPSA) is 12.5 Å². The van der Waals surface area contributed by atoms with Crippen LogP contribution in [0.3, 0.4) is 0 Å². The molecule has 74 valence electrons. The van der Waals surface area contributed by atoms with Crippen molar-refractivity contribution in [3.05, 3.63) is 21.1 Å². The Morgan fingerprint density at radius 1 is 1.62 bits per heavy atom. The molecule has 0 saturated heterocycles. The van der Waals surface area contributed by atoms with Crippen molar-refractivity contribution < 1.29 is 9.22 Å². The molecule has 0 bridgehead atoms. The van der Waals surface area contributed by atoms with Gasteiger partial charge in [0.15, 0.2) is 0 Å². The second-order valence-corrected chi connectivity index (χ2v) is 4.38. The van der Waals surface area contributed by atoms with Crippen LogP contribution in [0.5, 0.6) is 0 Å². The van der Waals surface area contributed by atoms with E-state index in [2.05, 4.69) is 22.6 Å². The van der Waals surface area contributed by atoms with Gasteiger partial charge in [-0.2, -0.15) is 0 Å². The van der Waals surface area contributed by atoms with Gasteiger partial charge in [-0.25, -0.2) is 5.12 Å². The third-order valence-electron chi connectivity index (χ3n) is 1.94. The zero-order valence-electron chi connectivity index (χ0n) is 7.97. The Morgan fingerprint density at radius 2 is 2.23 bits per heavy atom. The maximum atomic E-state index is 13.4. The van der Waals surface area contributed by atoms with E-state index in [-0.39, 0.29) is 12.5 Å². The quantitative estimate of drug-likeness (QED) is 0.574. The second-order valence-electron chi connectivity index (χ2n) is 3.22. The predicted molar refractivity (Wildman–Crippen MR) is 58.8 cm³/mol. The monoisotopic (exact) mass is 297 g/mol. The van der Waals surface area contributed by atoms with E-state index in [0.717, 1.165) is 8.70 Å². The van der Waals surface area contributed by atoms with Gasteiger partial charge in [0.2, 0.25) is 0 Å². The smallest absolute Gasteiger partial charge is 0.131 e. The summed E-state index contributed by atoms with van der Waals surface area (Å²) in [5, 5.41) is 0.742. The first-order chi connectivity index (χ1) is 6.06. The largest absolute Gasteiger partial charge is 0.498 e. The van der Waals surface area contributed by atoms with Crippen molar-refractivity contribution in [1.82, 2.24) is 5.12 Å². The van der Waals surface area contributed by atoms with Gasteiger partial charge < -0.3 is 4.74 Å². The predicted octanol–water partition coefficient (Wildman–Crippen LogP) is 3.02. The summed E-state index contributed by atoms with van der Waals surface area (Å²) in [5.74, 6) is 0.890. The number of nitrogens with zero attached hydrogens (tertiary/aromatic N) is 1. The van der Waals surface area contributed by atoms with E-state index in [9.17, 15) is 4.48 Å². The molecule has 13 heavy (non-hydrogen) atoms. The average Bonchev–Trinajstić information content (AvgIpc) is 2.07. The highest BCUT2D eigenvalue weighted by molar-refractivity contribution is 14.1. The molecular formula is C9H13FINO. The van der Waals surface area contributed by atoms with E-state index in [0.29, 0.717) is 11.5 Å². The van der Waals surface area contributed by atoms with Gasteiger partial charge in [0.05, 0.1) is 16.4 Å². The fourth-order valence-electron chi connectivity index (χ4n) is 1.18. The average molecular weight is 297 g/mol. The summed E-state index contributed by atoms with van der Waals surface area (Å²) in [6.07, 6.45) is 1.83. The molecule has 4 heteroatoms. The van der Waals surface area contributed by atoms with Gasteiger partial charge in [0.1, 0.15) is 12.3 Å². The molecule has 0 N–H and O–H groups in total. The molecule has 0 radical (unpaired) electrons. The standard InChI is InChI=1S/C9H13FINO/c1-6(2)8-4-7(11)9(13-3)5-12(8)10/h4,6H,5H2,1-3H3. The van der Waals surface area contributed by atoms with Gasteiger partial charge in [-0.3, -0.25) is 0 Å². The van der Waals surface area contributed by atoms with Crippen LogP contribution in [-0.4, -0.2) is 18.8 Å². The Morgan fingerprint density at radius 3 is 2.69 bits per heavy atom. The number of hydrogen-bond acceptors (Lipinski definition) is 2.